The summed E-state index contributed by atoms with van der Waals surface area (Å²) in [6.45, 7) is 7.49. The van der Waals surface area contributed by atoms with Crippen molar-refractivity contribution in [2.24, 2.45) is 17.3 Å². The number of carboxylic acids is 1. The molecule has 2 bridgehead atoms. The predicted molar refractivity (Wildman–Crippen MR) is 164 cm³/mol. The summed E-state index contributed by atoms with van der Waals surface area (Å²) in [6.07, 6.45) is 6.28. The van der Waals surface area contributed by atoms with E-state index >= 15 is 0 Å². The molecule has 0 spiro atoms. The Hall–Kier alpha value is -3.63. The molecule has 3 aliphatic rings. The van der Waals surface area contributed by atoms with Crippen LogP contribution in [0.4, 0.5) is 4.79 Å². The molecule has 1 saturated heterocycles. The van der Waals surface area contributed by atoms with Gasteiger partial charge in [0.15, 0.2) is 0 Å². The van der Waals surface area contributed by atoms with Crippen molar-refractivity contribution in [3.05, 3.63) is 23.9 Å². The van der Waals surface area contributed by atoms with Gasteiger partial charge in [-0.1, -0.05) is 40.5 Å². The van der Waals surface area contributed by atoms with Crippen molar-refractivity contribution in [1.82, 2.24) is 20.2 Å². The van der Waals surface area contributed by atoms with Gasteiger partial charge in [-0.15, -0.1) is 0 Å². The first-order valence-corrected chi connectivity index (χ1v) is 16.0. The van der Waals surface area contributed by atoms with Gasteiger partial charge >= 0.3 is 12.1 Å². The molecule has 2 N–H and O–H groups in total. The number of hydrogen-bond acceptors (Lipinski definition) is 8. The van der Waals surface area contributed by atoms with E-state index in [4.69, 9.17) is 24.2 Å². The number of rotatable bonds is 3. The van der Waals surface area contributed by atoms with Crippen LogP contribution >= 0.6 is 0 Å². The summed E-state index contributed by atoms with van der Waals surface area (Å²) in [5, 5.41) is 13.2. The van der Waals surface area contributed by atoms with Crippen LogP contribution < -0.4 is 14.8 Å². The van der Waals surface area contributed by atoms with E-state index in [9.17, 15) is 19.5 Å². The molecular weight excluding hydrogens is 564 g/mol. The van der Waals surface area contributed by atoms with Crippen molar-refractivity contribution >= 4 is 29.0 Å². The van der Waals surface area contributed by atoms with Gasteiger partial charge in [0.05, 0.1) is 24.7 Å². The highest BCUT2D eigenvalue weighted by molar-refractivity contribution is 5.90. The molecule has 0 unspecified atom stereocenters. The molecule has 1 saturated carbocycles. The molecule has 240 valence electrons. The van der Waals surface area contributed by atoms with Gasteiger partial charge in [0, 0.05) is 12.0 Å². The zero-order valence-corrected chi connectivity index (χ0v) is 26.5. The van der Waals surface area contributed by atoms with Crippen LogP contribution in [0.15, 0.2) is 18.2 Å². The van der Waals surface area contributed by atoms with Gasteiger partial charge in [0.2, 0.25) is 11.8 Å². The van der Waals surface area contributed by atoms with E-state index in [1.165, 1.54) is 4.90 Å². The molecule has 6 atom stereocenters. The highest BCUT2D eigenvalue weighted by Gasteiger charge is 2.51. The Labute approximate surface area is 259 Å². The minimum Gasteiger partial charge on any atom is -0.497 e. The molecule has 11 nitrogen and oxygen atoms in total. The molecule has 5 rings (SSSR count). The van der Waals surface area contributed by atoms with E-state index in [1.807, 2.05) is 39.8 Å². The first-order chi connectivity index (χ1) is 21.0. The molecule has 2 aliphatic heterocycles. The predicted octanol–water partition coefficient (Wildman–Crippen LogP) is 5.13. The zero-order valence-electron chi connectivity index (χ0n) is 26.5. The number of fused-ring (bicyclic) bond motifs is 5. The van der Waals surface area contributed by atoms with Gasteiger partial charge in [-0.05, 0) is 68.4 Å². The smallest absolute Gasteiger partial charge is 0.408 e. The number of nitrogens with one attached hydrogen (secondary N) is 1. The fourth-order valence-electron chi connectivity index (χ4n) is 7.08. The van der Waals surface area contributed by atoms with Crippen molar-refractivity contribution in [3.63, 3.8) is 0 Å². The van der Waals surface area contributed by atoms with Crippen LogP contribution in [0.2, 0.25) is 0 Å². The van der Waals surface area contributed by atoms with Crippen LogP contribution in [0.25, 0.3) is 11.0 Å². The topological polar surface area (TPSA) is 140 Å². The first-order valence-electron chi connectivity index (χ1n) is 16.0. The SMILES string of the molecule is CC[C@@H]1[C@@H]2CN(C(=O)[C@H](C(C)(C)C)NC(=O)O[C@@H]3CCC[C@H]3CCCCCc3nc4ccc(OC)cc4nc3O2)[C@@H]1C(=O)O. The number of nitrogens with zero attached hydrogens (tertiary/aromatic N) is 3. The van der Waals surface area contributed by atoms with E-state index in [2.05, 4.69) is 5.32 Å². The Morgan fingerprint density at radius 2 is 1.82 bits per heavy atom. The molecule has 2 amide bonds. The van der Waals surface area contributed by atoms with Gasteiger partial charge in [-0.3, -0.25) is 4.79 Å². The summed E-state index contributed by atoms with van der Waals surface area (Å²) in [5.41, 5.74) is 1.36. The molecule has 44 heavy (non-hydrogen) atoms. The molecule has 0 radical (unpaired) electrons. The Morgan fingerprint density at radius 3 is 2.52 bits per heavy atom. The van der Waals surface area contributed by atoms with Crippen molar-refractivity contribution in [2.45, 2.75) is 110 Å². The fraction of sp³-hybridized carbons (Fsp3) is 0.667. The number of benzene rings is 1. The third kappa shape index (κ3) is 6.71. The number of aryl methyl sites for hydroxylation is 1. The van der Waals surface area contributed by atoms with Crippen LogP contribution in [0.1, 0.15) is 84.8 Å². The standard InChI is InChI=1S/C33H46N4O7/c1-6-21-26-18-37(27(21)31(39)40)30(38)28(33(2,3)4)36-32(41)44-25-14-10-12-19(25)11-8-7-9-13-23-29(43-26)35-24-17-20(42-5)15-16-22(24)34-23/h15-17,19,21,25-28H,6-14,18H2,1-5H3,(H,36,41)(H,39,40)/t19-,21-,25-,26+,27+,28-/m1/s1. The number of amides is 2. The molecule has 2 aromatic rings. The second-order valence-corrected chi connectivity index (χ2v) is 13.5. The van der Waals surface area contributed by atoms with Crippen LogP contribution in [-0.4, -0.2) is 75.9 Å². The maximum atomic E-state index is 14.2. The Balaban J connectivity index is 1.54. The number of carboxylic acid groups (broad SMARTS) is 1. The third-order valence-electron chi connectivity index (χ3n) is 9.48. The van der Waals surface area contributed by atoms with Gasteiger partial charge in [0.25, 0.3) is 0 Å². The number of carbonyl (C=O) groups excluding carboxylic acids is 2. The number of carbonyl (C=O) groups is 3. The van der Waals surface area contributed by atoms with Gasteiger partial charge in [-0.25, -0.2) is 19.6 Å². The lowest BCUT2D eigenvalue weighted by Crippen LogP contribution is -2.57. The van der Waals surface area contributed by atoms with Crippen molar-refractivity contribution in [2.75, 3.05) is 13.7 Å². The van der Waals surface area contributed by atoms with E-state index in [0.717, 1.165) is 56.2 Å². The van der Waals surface area contributed by atoms with Crippen molar-refractivity contribution < 1.29 is 33.7 Å². The Morgan fingerprint density at radius 1 is 1.05 bits per heavy atom. The summed E-state index contributed by atoms with van der Waals surface area (Å²) in [5.74, 6) is -0.796. The molecule has 1 aromatic carbocycles. The quantitative estimate of drug-likeness (QED) is 0.484. The van der Waals surface area contributed by atoms with Gasteiger partial charge in [0.1, 0.15) is 35.7 Å². The summed E-state index contributed by atoms with van der Waals surface area (Å²) < 4.78 is 17.9. The highest BCUT2D eigenvalue weighted by atomic mass is 16.6. The number of aliphatic carboxylic acids is 1. The number of alkyl carbamates (subject to hydrolysis) is 1. The van der Waals surface area contributed by atoms with Gasteiger partial charge < -0.3 is 29.5 Å². The van der Waals surface area contributed by atoms with Crippen LogP contribution in [-0.2, 0) is 20.7 Å². The molecular formula is C33H46N4O7. The van der Waals surface area contributed by atoms with Crippen LogP contribution in [0, 0.1) is 17.3 Å². The van der Waals surface area contributed by atoms with Crippen LogP contribution in [0.3, 0.4) is 0 Å². The van der Waals surface area contributed by atoms with E-state index < -0.39 is 47.5 Å². The number of aromatic nitrogens is 2. The lowest BCUT2D eigenvalue weighted by molar-refractivity contribution is -0.151. The minimum absolute atomic E-state index is 0.0413. The third-order valence-corrected chi connectivity index (χ3v) is 9.48. The fourth-order valence-corrected chi connectivity index (χ4v) is 7.08. The van der Waals surface area contributed by atoms with E-state index in [-0.39, 0.29) is 18.6 Å². The summed E-state index contributed by atoms with van der Waals surface area (Å²) in [7, 11) is 1.59. The van der Waals surface area contributed by atoms with Gasteiger partial charge in [-0.2, -0.15) is 0 Å². The minimum atomic E-state index is -1.13. The summed E-state index contributed by atoms with van der Waals surface area (Å²) >= 11 is 0. The molecule has 1 aromatic heterocycles. The number of methoxy groups -OCH3 is 1. The largest absolute Gasteiger partial charge is 0.497 e. The second-order valence-electron chi connectivity index (χ2n) is 13.5. The Bertz CT molecular complexity index is 1380. The maximum Gasteiger partial charge on any atom is 0.408 e. The second kappa shape index (κ2) is 13.2. The lowest BCUT2D eigenvalue weighted by atomic mass is 9.85. The zero-order chi connectivity index (χ0) is 31.6. The van der Waals surface area contributed by atoms with Crippen LogP contribution in [0.5, 0.6) is 11.6 Å². The summed E-state index contributed by atoms with van der Waals surface area (Å²) in [4.78, 5) is 51.2. The number of hydrogen-bond donors (Lipinski definition) is 2. The lowest BCUT2D eigenvalue weighted by Gasteiger charge is -2.35. The molecule has 1 aliphatic carbocycles. The normalized spacial score (nSPS) is 28.6. The van der Waals surface area contributed by atoms with E-state index in [1.54, 1.807) is 13.2 Å². The Kier molecular flexibility index (Phi) is 9.51. The van der Waals surface area contributed by atoms with E-state index in [0.29, 0.717) is 30.0 Å². The number of ether oxygens (including phenoxy) is 3. The monoisotopic (exact) mass is 610 g/mol. The average molecular weight is 611 g/mol. The van der Waals surface area contributed by atoms with Crippen molar-refractivity contribution in [3.8, 4) is 11.6 Å². The first kappa shape index (κ1) is 31.8. The summed E-state index contributed by atoms with van der Waals surface area (Å²) in [6, 6.07) is 3.41. The molecule has 2 fully saturated rings. The average Bonchev–Trinajstić information content (AvgIpc) is 3.58. The maximum absolute atomic E-state index is 14.2. The highest BCUT2D eigenvalue weighted by Crippen LogP contribution is 2.36. The molecule has 3 heterocycles. The van der Waals surface area contributed by atoms with Crippen molar-refractivity contribution in [1.29, 1.82) is 0 Å². The molecule has 11 heteroatoms.